The van der Waals surface area contributed by atoms with E-state index in [4.69, 9.17) is 23.2 Å². The van der Waals surface area contributed by atoms with Crippen molar-refractivity contribution in [3.05, 3.63) is 50.8 Å². The van der Waals surface area contributed by atoms with Crippen molar-refractivity contribution in [2.75, 3.05) is 0 Å². The van der Waals surface area contributed by atoms with E-state index in [9.17, 15) is 4.79 Å². The monoisotopic (exact) mass is 350 g/mol. The lowest BCUT2D eigenvalue weighted by Crippen LogP contribution is -2.21. The molecule has 0 saturated carbocycles. The summed E-state index contributed by atoms with van der Waals surface area (Å²) in [7, 11) is 0. The van der Waals surface area contributed by atoms with Crippen molar-refractivity contribution < 1.29 is 4.79 Å². The molecule has 0 radical (unpaired) electrons. The highest BCUT2D eigenvalue weighted by Crippen LogP contribution is 2.23. The molecule has 1 amide bonds. The molecule has 0 atom stereocenters. The maximum atomic E-state index is 12.3. The quantitative estimate of drug-likeness (QED) is 0.653. The fourth-order valence-corrected chi connectivity index (χ4v) is 3.24. The number of amides is 1. The molecule has 0 saturated heterocycles. The summed E-state index contributed by atoms with van der Waals surface area (Å²) < 4.78 is 0. The van der Waals surface area contributed by atoms with Gasteiger partial charge in [0.15, 0.2) is 5.69 Å². The van der Waals surface area contributed by atoms with E-state index in [0.717, 1.165) is 42.5 Å². The van der Waals surface area contributed by atoms with Gasteiger partial charge in [-0.1, -0.05) is 29.3 Å². The van der Waals surface area contributed by atoms with Gasteiger partial charge in [-0.3, -0.25) is 9.89 Å². The fourth-order valence-electron chi connectivity index (χ4n) is 2.70. The summed E-state index contributed by atoms with van der Waals surface area (Å²) in [5.74, 6) is -0.311. The number of H-pyrrole nitrogens is 1. The summed E-state index contributed by atoms with van der Waals surface area (Å²) in [5, 5.41) is 12.2. The number of hydrazone groups is 1. The van der Waals surface area contributed by atoms with E-state index >= 15 is 0 Å². The number of nitrogens with zero attached hydrogens (tertiary/aromatic N) is 2. The molecule has 0 aliphatic heterocycles. The molecule has 3 rings (SSSR count). The Kier molecular flexibility index (Phi) is 4.68. The number of nitrogens with one attached hydrogen (secondary N) is 2. The van der Waals surface area contributed by atoms with Crippen LogP contribution >= 0.6 is 23.2 Å². The highest BCUT2D eigenvalue weighted by Gasteiger charge is 2.21. The molecular formula is C16H16Cl2N4O. The van der Waals surface area contributed by atoms with Gasteiger partial charge in [0.05, 0.1) is 10.7 Å². The molecule has 1 aromatic heterocycles. The molecule has 1 heterocycles. The zero-order valence-electron chi connectivity index (χ0n) is 12.6. The standard InChI is InChI=1S/C16H16Cl2N4O/c1-9(11-7-6-10(17)8-13(11)18)19-22-16(23)15-12-4-2-3-5-14(12)20-21-15/h6-8H,2-5H2,1H3,(H,20,21)(H,22,23)/b19-9-. The van der Waals surface area contributed by atoms with Crippen molar-refractivity contribution in [3.8, 4) is 0 Å². The lowest BCUT2D eigenvalue weighted by molar-refractivity contribution is 0.0949. The molecule has 0 fully saturated rings. The Balaban J connectivity index is 1.76. The van der Waals surface area contributed by atoms with Crippen LogP contribution in [-0.2, 0) is 12.8 Å². The molecule has 2 N–H and O–H groups in total. The predicted octanol–water partition coefficient (Wildman–Crippen LogP) is 3.75. The fraction of sp³-hybridized carbons (Fsp3) is 0.312. The van der Waals surface area contributed by atoms with Crippen molar-refractivity contribution >= 4 is 34.8 Å². The van der Waals surface area contributed by atoms with Gasteiger partial charge in [0.2, 0.25) is 0 Å². The van der Waals surface area contributed by atoms with Gasteiger partial charge < -0.3 is 0 Å². The second kappa shape index (κ2) is 6.72. The van der Waals surface area contributed by atoms with E-state index in [0.29, 0.717) is 21.5 Å². The van der Waals surface area contributed by atoms with Crippen LogP contribution < -0.4 is 5.43 Å². The van der Waals surface area contributed by atoms with Crippen molar-refractivity contribution in [1.82, 2.24) is 15.6 Å². The molecule has 120 valence electrons. The van der Waals surface area contributed by atoms with Gasteiger partial charge in [0.1, 0.15) is 0 Å². The van der Waals surface area contributed by atoms with E-state index in [-0.39, 0.29) is 5.91 Å². The van der Waals surface area contributed by atoms with Gasteiger partial charge in [0, 0.05) is 21.8 Å². The lowest BCUT2D eigenvalue weighted by Gasteiger charge is -2.10. The molecule has 1 aromatic carbocycles. The maximum absolute atomic E-state index is 12.3. The SMILES string of the molecule is C/C(=N/NC(=O)c1n[nH]c2c1CCCC2)c1ccc(Cl)cc1Cl. The lowest BCUT2D eigenvalue weighted by atomic mass is 9.96. The normalized spacial score (nSPS) is 14.5. The Bertz CT molecular complexity index is 782. The van der Waals surface area contributed by atoms with Crippen LogP contribution in [0.15, 0.2) is 23.3 Å². The number of aryl methyl sites for hydroxylation is 1. The molecule has 1 aliphatic carbocycles. The summed E-state index contributed by atoms with van der Waals surface area (Å²) in [5.41, 5.74) is 6.37. The van der Waals surface area contributed by atoms with Crippen LogP contribution in [0, 0.1) is 0 Å². The van der Waals surface area contributed by atoms with E-state index in [2.05, 4.69) is 20.7 Å². The largest absolute Gasteiger partial charge is 0.292 e. The van der Waals surface area contributed by atoms with Crippen molar-refractivity contribution in [2.24, 2.45) is 5.10 Å². The van der Waals surface area contributed by atoms with Crippen LogP contribution in [0.25, 0.3) is 0 Å². The molecule has 7 heteroatoms. The molecule has 1 aliphatic rings. The van der Waals surface area contributed by atoms with Crippen LogP contribution in [0.5, 0.6) is 0 Å². The third kappa shape index (κ3) is 3.41. The summed E-state index contributed by atoms with van der Waals surface area (Å²) in [6.45, 7) is 1.77. The number of carbonyl (C=O) groups is 1. The first-order valence-corrected chi connectivity index (χ1v) is 8.18. The van der Waals surface area contributed by atoms with Gasteiger partial charge in [-0.15, -0.1) is 0 Å². The Morgan fingerprint density at radius 2 is 2.09 bits per heavy atom. The van der Waals surface area contributed by atoms with E-state index in [1.807, 2.05) is 0 Å². The number of halogens is 2. The van der Waals surface area contributed by atoms with Gasteiger partial charge in [0.25, 0.3) is 5.91 Å². The van der Waals surface area contributed by atoms with Crippen LogP contribution in [0.2, 0.25) is 10.0 Å². The minimum absolute atomic E-state index is 0.311. The van der Waals surface area contributed by atoms with Crippen LogP contribution in [0.4, 0.5) is 0 Å². The molecule has 23 heavy (non-hydrogen) atoms. The second-order valence-electron chi connectivity index (χ2n) is 5.50. The number of aromatic amines is 1. The van der Waals surface area contributed by atoms with E-state index < -0.39 is 0 Å². The molecule has 0 spiro atoms. The summed E-state index contributed by atoms with van der Waals surface area (Å²) in [6, 6.07) is 5.14. The predicted molar refractivity (Wildman–Crippen MR) is 91.4 cm³/mol. The number of benzene rings is 1. The molecule has 0 bridgehead atoms. The zero-order valence-corrected chi connectivity index (χ0v) is 14.1. The Morgan fingerprint density at radius 3 is 2.87 bits per heavy atom. The molecule has 0 unspecified atom stereocenters. The summed E-state index contributed by atoms with van der Waals surface area (Å²) >= 11 is 12.0. The van der Waals surface area contributed by atoms with Gasteiger partial charge >= 0.3 is 0 Å². The zero-order chi connectivity index (χ0) is 16.4. The van der Waals surface area contributed by atoms with Gasteiger partial charge in [-0.05, 0) is 44.7 Å². The first-order valence-electron chi connectivity index (χ1n) is 7.42. The average Bonchev–Trinajstić information content (AvgIpc) is 2.96. The Labute approximate surface area is 144 Å². The molecule has 2 aromatic rings. The topological polar surface area (TPSA) is 70.1 Å². The number of aromatic nitrogens is 2. The summed E-state index contributed by atoms with van der Waals surface area (Å²) in [6.07, 6.45) is 4.02. The van der Waals surface area contributed by atoms with Gasteiger partial charge in [-0.25, -0.2) is 5.43 Å². The number of fused-ring (bicyclic) bond motifs is 1. The number of carbonyl (C=O) groups excluding carboxylic acids is 1. The average molecular weight is 351 g/mol. The van der Waals surface area contributed by atoms with Crippen LogP contribution in [0.3, 0.4) is 0 Å². The number of hydrogen-bond acceptors (Lipinski definition) is 3. The minimum Gasteiger partial charge on any atom is -0.281 e. The van der Waals surface area contributed by atoms with Crippen LogP contribution in [-0.4, -0.2) is 21.8 Å². The number of hydrogen-bond donors (Lipinski definition) is 2. The smallest absolute Gasteiger partial charge is 0.281 e. The van der Waals surface area contributed by atoms with Crippen molar-refractivity contribution in [1.29, 1.82) is 0 Å². The van der Waals surface area contributed by atoms with Gasteiger partial charge in [-0.2, -0.15) is 10.2 Å². The highest BCUT2D eigenvalue weighted by molar-refractivity contribution is 6.37. The van der Waals surface area contributed by atoms with Crippen LogP contribution in [0.1, 0.15) is 47.1 Å². The second-order valence-corrected chi connectivity index (χ2v) is 6.34. The number of rotatable bonds is 3. The molecule has 5 nitrogen and oxygen atoms in total. The molecular weight excluding hydrogens is 335 g/mol. The Hall–Kier alpha value is -1.85. The third-order valence-corrected chi connectivity index (χ3v) is 4.47. The highest BCUT2D eigenvalue weighted by atomic mass is 35.5. The minimum atomic E-state index is -0.311. The first-order chi connectivity index (χ1) is 11.1. The van der Waals surface area contributed by atoms with E-state index in [1.165, 1.54) is 0 Å². The van der Waals surface area contributed by atoms with Crippen molar-refractivity contribution in [3.63, 3.8) is 0 Å². The summed E-state index contributed by atoms with van der Waals surface area (Å²) in [4.78, 5) is 12.3. The van der Waals surface area contributed by atoms with Crippen molar-refractivity contribution in [2.45, 2.75) is 32.6 Å². The third-order valence-electron chi connectivity index (χ3n) is 3.92. The van der Waals surface area contributed by atoms with E-state index in [1.54, 1.807) is 25.1 Å². The Morgan fingerprint density at radius 1 is 1.30 bits per heavy atom. The first kappa shape index (κ1) is 16.0. The maximum Gasteiger partial charge on any atom is 0.292 e.